The highest BCUT2D eigenvalue weighted by molar-refractivity contribution is 8.13. The van der Waals surface area contributed by atoms with E-state index in [1.807, 2.05) is 0 Å². The third-order valence-corrected chi connectivity index (χ3v) is 3.61. The molecule has 0 aliphatic carbocycles. The summed E-state index contributed by atoms with van der Waals surface area (Å²) in [4.78, 5) is 10.6. The van der Waals surface area contributed by atoms with Crippen LogP contribution < -0.4 is 4.74 Å². The molecular weight excluding hydrogens is 256 g/mol. The fourth-order valence-electron chi connectivity index (χ4n) is 1.51. The van der Waals surface area contributed by atoms with Gasteiger partial charge in [-0.3, -0.25) is 0 Å². The normalized spacial score (nSPS) is 18.9. The van der Waals surface area contributed by atoms with Gasteiger partial charge in [0.25, 0.3) is 9.05 Å². The van der Waals surface area contributed by atoms with Gasteiger partial charge in [0.15, 0.2) is 6.10 Å². The fourth-order valence-corrected chi connectivity index (χ4v) is 2.32. The molecule has 7 heteroatoms. The average molecular weight is 263 g/mol. The standard InChI is InChI=1S/C9H7ClO5S/c10-16(13,14)6-1-2-7-5(3-6)4-8(15-7)9(11)12/h1-3,8H,4H2,(H,11,12)/t8-/m0/s1. The van der Waals surface area contributed by atoms with Crippen LogP contribution in [0.1, 0.15) is 5.56 Å². The van der Waals surface area contributed by atoms with E-state index in [-0.39, 0.29) is 11.3 Å². The van der Waals surface area contributed by atoms with Crippen LogP contribution in [0.2, 0.25) is 0 Å². The number of halogens is 1. The number of carboxylic acid groups (broad SMARTS) is 1. The number of fused-ring (bicyclic) bond motifs is 1. The van der Waals surface area contributed by atoms with E-state index in [1.54, 1.807) is 0 Å². The lowest BCUT2D eigenvalue weighted by molar-refractivity contribution is -0.144. The lowest BCUT2D eigenvalue weighted by atomic mass is 10.1. The topological polar surface area (TPSA) is 80.7 Å². The van der Waals surface area contributed by atoms with Crippen LogP contribution in [-0.4, -0.2) is 25.6 Å². The van der Waals surface area contributed by atoms with E-state index < -0.39 is 21.1 Å². The number of carbonyl (C=O) groups is 1. The van der Waals surface area contributed by atoms with E-state index in [0.717, 1.165) is 0 Å². The van der Waals surface area contributed by atoms with Crippen molar-refractivity contribution in [1.82, 2.24) is 0 Å². The number of benzene rings is 1. The first-order valence-corrected chi connectivity index (χ1v) is 6.66. The van der Waals surface area contributed by atoms with Crippen molar-refractivity contribution < 1.29 is 23.1 Å². The van der Waals surface area contributed by atoms with Gasteiger partial charge in [0, 0.05) is 17.1 Å². The zero-order valence-electron chi connectivity index (χ0n) is 7.88. The Hall–Kier alpha value is -1.27. The summed E-state index contributed by atoms with van der Waals surface area (Å²) >= 11 is 0. The molecule has 0 fully saturated rings. The van der Waals surface area contributed by atoms with E-state index in [0.29, 0.717) is 11.3 Å². The minimum atomic E-state index is -3.79. The fraction of sp³-hybridized carbons (Fsp3) is 0.222. The van der Waals surface area contributed by atoms with Crippen molar-refractivity contribution in [1.29, 1.82) is 0 Å². The summed E-state index contributed by atoms with van der Waals surface area (Å²) in [7, 11) is 1.38. The van der Waals surface area contributed by atoms with Crippen LogP contribution in [-0.2, 0) is 20.3 Å². The molecule has 1 aliphatic heterocycles. The lowest BCUT2D eigenvalue weighted by Crippen LogP contribution is -2.24. The van der Waals surface area contributed by atoms with E-state index in [4.69, 9.17) is 20.5 Å². The molecule has 86 valence electrons. The second-order valence-corrected chi connectivity index (χ2v) is 5.92. The molecule has 1 atom stereocenters. The van der Waals surface area contributed by atoms with Gasteiger partial charge in [-0.25, -0.2) is 13.2 Å². The number of carboxylic acids is 1. The molecule has 1 N–H and O–H groups in total. The van der Waals surface area contributed by atoms with E-state index in [1.165, 1.54) is 18.2 Å². The Balaban J connectivity index is 2.39. The molecule has 0 bridgehead atoms. The third-order valence-electron chi connectivity index (χ3n) is 2.26. The second kappa shape index (κ2) is 3.64. The van der Waals surface area contributed by atoms with Crippen molar-refractivity contribution in [2.24, 2.45) is 0 Å². The van der Waals surface area contributed by atoms with Gasteiger partial charge in [-0.1, -0.05) is 0 Å². The van der Waals surface area contributed by atoms with Crippen molar-refractivity contribution in [2.75, 3.05) is 0 Å². The minimum Gasteiger partial charge on any atom is -0.478 e. The number of hydrogen-bond donors (Lipinski definition) is 1. The number of aliphatic carboxylic acids is 1. The summed E-state index contributed by atoms with van der Waals surface area (Å²) in [6, 6.07) is 4.03. The highest BCUT2D eigenvalue weighted by Crippen LogP contribution is 2.31. The quantitative estimate of drug-likeness (QED) is 0.805. The maximum atomic E-state index is 11.1. The smallest absolute Gasteiger partial charge is 0.345 e. The molecule has 0 amide bonds. The molecule has 1 aromatic rings. The summed E-state index contributed by atoms with van der Waals surface area (Å²) in [5.41, 5.74) is 0.536. The molecule has 0 radical (unpaired) electrons. The first kappa shape index (κ1) is 11.2. The summed E-state index contributed by atoms with van der Waals surface area (Å²) in [6.07, 6.45) is -0.812. The maximum absolute atomic E-state index is 11.1. The Labute approximate surface area is 96.0 Å². The molecule has 1 aliphatic rings. The zero-order chi connectivity index (χ0) is 11.9. The van der Waals surface area contributed by atoms with E-state index >= 15 is 0 Å². The van der Waals surface area contributed by atoms with Crippen molar-refractivity contribution >= 4 is 25.7 Å². The third kappa shape index (κ3) is 1.98. The number of ether oxygens (including phenoxy) is 1. The summed E-state index contributed by atoms with van der Waals surface area (Å²) in [6.45, 7) is 0. The minimum absolute atomic E-state index is 0.0532. The van der Waals surface area contributed by atoms with Crippen LogP contribution in [0.4, 0.5) is 0 Å². The predicted octanol–water partition coefficient (Wildman–Crippen LogP) is 1.00. The summed E-state index contributed by atoms with van der Waals surface area (Å²) in [5.74, 6) is -0.692. The lowest BCUT2D eigenvalue weighted by Gasteiger charge is -2.03. The molecular formula is C9H7ClO5S. The van der Waals surface area contributed by atoms with Gasteiger partial charge in [0.2, 0.25) is 0 Å². The van der Waals surface area contributed by atoms with Crippen LogP contribution in [0.25, 0.3) is 0 Å². The molecule has 1 aromatic carbocycles. The second-order valence-electron chi connectivity index (χ2n) is 3.36. The van der Waals surface area contributed by atoms with Gasteiger partial charge < -0.3 is 9.84 Å². The molecule has 5 nitrogen and oxygen atoms in total. The van der Waals surface area contributed by atoms with Crippen LogP contribution >= 0.6 is 10.7 Å². The van der Waals surface area contributed by atoms with Crippen LogP contribution in [0.3, 0.4) is 0 Å². The van der Waals surface area contributed by atoms with Crippen molar-refractivity contribution in [2.45, 2.75) is 17.4 Å². The Kier molecular flexibility index (Phi) is 2.55. The largest absolute Gasteiger partial charge is 0.478 e. The molecule has 0 saturated heterocycles. The maximum Gasteiger partial charge on any atom is 0.345 e. The predicted molar refractivity (Wildman–Crippen MR) is 55.2 cm³/mol. The Bertz CT molecular complexity index is 551. The van der Waals surface area contributed by atoms with Gasteiger partial charge in [-0.2, -0.15) is 0 Å². The van der Waals surface area contributed by atoms with Crippen molar-refractivity contribution in [3.05, 3.63) is 23.8 Å². The zero-order valence-corrected chi connectivity index (χ0v) is 9.46. The Morgan fingerprint density at radius 3 is 2.75 bits per heavy atom. The molecule has 0 aromatic heterocycles. The summed E-state index contributed by atoms with van der Waals surface area (Å²) < 4.78 is 27.2. The molecule has 0 saturated carbocycles. The van der Waals surface area contributed by atoms with Gasteiger partial charge in [0.1, 0.15) is 5.75 Å². The first-order chi connectivity index (χ1) is 7.38. The molecule has 0 spiro atoms. The van der Waals surface area contributed by atoms with Gasteiger partial charge in [-0.05, 0) is 23.8 Å². The number of rotatable bonds is 2. The first-order valence-electron chi connectivity index (χ1n) is 4.35. The van der Waals surface area contributed by atoms with Gasteiger partial charge in [-0.15, -0.1) is 0 Å². The van der Waals surface area contributed by atoms with Crippen LogP contribution in [0.5, 0.6) is 5.75 Å². The number of hydrogen-bond acceptors (Lipinski definition) is 4. The average Bonchev–Trinajstić information content (AvgIpc) is 2.58. The van der Waals surface area contributed by atoms with Gasteiger partial charge >= 0.3 is 5.97 Å². The van der Waals surface area contributed by atoms with Crippen molar-refractivity contribution in [3.63, 3.8) is 0 Å². The van der Waals surface area contributed by atoms with E-state index in [2.05, 4.69) is 0 Å². The van der Waals surface area contributed by atoms with Gasteiger partial charge in [0.05, 0.1) is 4.90 Å². The molecule has 16 heavy (non-hydrogen) atoms. The Morgan fingerprint density at radius 2 is 2.19 bits per heavy atom. The molecule has 2 rings (SSSR count). The summed E-state index contributed by atoms with van der Waals surface area (Å²) in [5, 5.41) is 8.75. The molecule has 0 unspecified atom stereocenters. The Morgan fingerprint density at radius 1 is 1.50 bits per heavy atom. The monoisotopic (exact) mass is 262 g/mol. The molecule has 1 heterocycles. The van der Waals surface area contributed by atoms with Crippen LogP contribution in [0, 0.1) is 0 Å². The van der Waals surface area contributed by atoms with Crippen molar-refractivity contribution in [3.8, 4) is 5.75 Å². The van der Waals surface area contributed by atoms with Crippen LogP contribution in [0.15, 0.2) is 23.1 Å². The highest BCUT2D eigenvalue weighted by atomic mass is 35.7. The van der Waals surface area contributed by atoms with E-state index in [9.17, 15) is 13.2 Å². The highest BCUT2D eigenvalue weighted by Gasteiger charge is 2.29. The SMILES string of the molecule is O=C(O)[C@@H]1Cc2cc(S(=O)(=O)Cl)ccc2O1.